The van der Waals surface area contributed by atoms with Crippen LogP contribution in [0.4, 0.5) is 0 Å². The number of aromatic nitrogens is 4. The average molecular weight is 273 g/mol. The SMILES string of the molecule is CSc1nnc(-c2ccc(Cl)c(Cl)c2)nn1. The highest BCUT2D eigenvalue weighted by Gasteiger charge is 2.06. The summed E-state index contributed by atoms with van der Waals surface area (Å²) in [5.74, 6) is 0.427. The van der Waals surface area contributed by atoms with Crippen molar-refractivity contribution >= 4 is 35.0 Å². The molecule has 2 rings (SSSR count). The van der Waals surface area contributed by atoms with E-state index in [1.807, 2.05) is 6.26 Å². The number of thioether (sulfide) groups is 1. The molecule has 0 amide bonds. The van der Waals surface area contributed by atoms with Crippen LogP contribution in [0.3, 0.4) is 0 Å². The van der Waals surface area contributed by atoms with Crippen LogP contribution in [0, 0.1) is 0 Å². The van der Waals surface area contributed by atoms with Crippen LogP contribution in [-0.4, -0.2) is 26.7 Å². The largest absolute Gasteiger partial charge is 0.229 e. The van der Waals surface area contributed by atoms with Gasteiger partial charge in [-0.25, -0.2) is 0 Å². The van der Waals surface area contributed by atoms with Crippen LogP contribution in [0.25, 0.3) is 11.4 Å². The number of benzene rings is 1. The zero-order valence-corrected chi connectivity index (χ0v) is 10.5. The zero-order valence-electron chi connectivity index (χ0n) is 8.19. The lowest BCUT2D eigenvalue weighted by molar-refractivity contribution is 0.755. The summed E-state index contributed by atoms with van der Waals surface area (Å²) < 4.78 is 0. The molecule has 1 aromatic heterocycles. The smallest absolute Gasteiger partial charge is 0.125 e. The van der Waals surface area contributed by atoms with E-state index in [1.54, 1.807) is 18.2 Å². The minimum absolute atomic E-state index is 0.427. The summed E-state index contributed by atoms with van der Waals surface area (Å²) in [6, 6.07) is 5.14. The van der Waals surface area contributed by atoms with Gasteiger partial charge in [0.2, 0.25) is 11.0 Å². The van der Waals surface area contributed by atoms with Gasteiger partial charge in [0.05, 0.1) is 10.0 Å². The molecule has 0 saturated carbocycles. The van der Waals surface area contributed by atoms with Gasteiger partial charge in [0.25, 0.3) is 0 Å². The van der Waals surface area contributed by atoms with E-state index >= 15 is 0 Å². The van der Waals surface area contributed by atoms with Crippen LogP contribution in [0.5, 0.6) is 0 Å². The molecule has 1 aromatic carbocycles. The molecule has 0 saturated heterocycles. The molecule has 0 spiro atoms. The Labute approximate surface area is 106 Å². The quantitative estimate of drug-likeness (QED) is 0.787. The topological polar surface area (TPSA) is 51.6 Å². The summed E-state index contributed by atoms with van der Waals surface area (Å²) in [5, 5.41) is 17.1. The second-order valence-corrected chi connectivity index (χ2v) is 4.43. The predicted octanol–water partition coefficient (Wildman–Crippen LogP) is 2.96. The molecule has 0 atom stereocenters. The Balaban J connectivity index is 2.38. The Hall–Kier alpha value is -0.910. The van der Waals surface area contributed by atoms with Gasteiger partial charge in [-0.3, -0.25) is 0 Å². The molecule has 16 heavy (non-hydrogen) atoms. The van der Waals surface area contributed by atoms with E-state index in [4.69, 9.17) is 23.2 Å². The normalized spacial score (nSPS) is 10.4. The summed E-state index contributed by atoms with van der Waals surface area (Å²) in [5.41, 5.74) is 0.738. The fourth-order valence-electron chi connectivity index (χ4n) is 1.05. The molecule has 4 nitrogen and oxygen atoms in total. The average Bonchev–Trinajstić information content (AvgIpc) is 2.33. The third kappa shape index (κ3) is 2.42. The second-order valence-electron chi connectivity index (χ2n) is 2.84. The third-order valence-electron chi connectivity index (χ3n) is 1.82. The van der Waals surface area contributed by atoms with Crippen molar-refractivity contribution in [1.82, 2.24) is 20.4 Å². The fourth-order valence-corrected chi connectivity index (χ4v) is 1.60. The Morgan fingerprint density at radius 1 is 1.00 bits per heavy atom. The fraction of sp³-hybridized carbons (Fsp3) is 0.111. The van der Waals surface area contributed by atoms with Gasteiger partial charge < -0.3 is 0 Å². The minimum atomic E-state index is 0.427. The summed E-state index contributed by atoms with van der Waals surface area (Å²) in [6.45, 7) is 0. The summed E-state index contributed by atoms with van der Waals surface area (Å²) in [6.07, 6.45) is 1.86. The van der Waals surface area contributed by atoms with Crippen molar-refractivity contribution in [2.24, 2.45) is 0 Å². The van der Waals surface area contributed by atoms with Crippen LogP contribution in [0.1, 0.15) is 0 Å². The maximum absolute atomic E-state index is 5.89. The maximum Gasteiger partial charge on any atom is 0.229 e. The second kappa shape index (κ2) is 4.95. The van der Waals surface area contributed by atoms with E-state index in [9.17, 15) is 0 Å². The molecule has 0 N–H and O–H groups in total. The molecule has 0 radical (unpaired) electrons. The van der Waals surface area contributed by atoms with Crippen LogP contribution in [0.15, 0.2) is 23.4 Å². The van der Waals surface area contributed by atoms with Crippen LogP contribution < -0.4 is 0 Å². The van der Waals surface area contributed by atoms with Crippen molar-refractivity contribution in [2.75, 3.05) is 6.26 Å². The lowest BCUT2D eigenvalue weighted by Crippen LogP contribution is -1.97. The summed E-state index contributed by atoms with van der Waals surface area (Å²) >= 11 is 13.1. The molecule has 7 heteroatoms. The Morgan fingerprint density at radius 3 is 2.25 bits per heavy atom. The first-order valence-corrected chi connectivity index (χ1v) is 6.25. The van der Waals surface area contributed by atoms with Gasteiger partial charge in [-0.15, -0.1) is 20.4 Å². The van der Waals surface area contributed by atoms with Gasteiger partial charge in [0.1, 0.15) is 0 Å². The van der Waals surface area contributed by atoms with E-state index in [2.05, 4.69) is 20.4 Å². The van der Waals surface area contributed by atoms with Crippen molar-refractivity contribution < 1.29 is 0 Å². The van der Waals surface area contributed by atoms with Gasteiger partial charge in [0, 0.05) is 5.56 Å². The molecule has 0 fully saturated rings. The standard InChI is InChI=1S/C9H6Cl2N4S/c1-16-9-14-12-8(13-15-9)5-2-3-6(10)7(11)4-5/h2-4H,1H3. The highest BCUT2D eigenvalue weighted by atomic mass is 35.5. The van der Waals surface area contributed by atoms with E-state index in [-0.39, 0.29) is 0 Å². The molecular formula is C9H6Cl2N4S. The van der Waals surface area contributed by atoms with Crippen LogP contribution in [0.2, 0.25) is 10.0 Å². The van der Waals surface area contributed by atoms with Crippen molar-refractivity contribution in [1.29, 1.82) is 0 Å². The highest BCUT2D eigenvalue weighted by molar-refractivity contribution is 7.98. The number of hydrogen-bond donors (Lipinski definition) is 0. The van der Waals surface area contributed by atoms with Gasteiger partial charge in [-0.1, -0.05) is 35.0 Å². The van der Waals surface area contributed by atoms with Gasteiger partial charge in [-0.05, 0) is 24.5 Å². The third-order valence-corrected chi connectivity index (χ3v) is 3.09. The molecule has 0 aliphatic heterocycles. The first-order chi connectivity index (χ1) is 7.70. The first kappa shape index (κ1) is 11.6. The van der Waals surface area contributed by atoms with Gasteiger partial charge >= 0.3 is 0 Å². The molecule has 2 aromatic rings. The number of nitrogens with zero attached hydrogens (tertiary/aromatic N) is 4. The lowest BCUT2D eigenvalue weighted by Gasteiger charge is -2.00. The molecular weight excluding hydrogens is 267 g/mol. The van der Waals surface area contributed by atoms with Gasteiger partial charge in [-0.2, -0.15) is 0 Å². The van der Waals surface area contributed by atoms with Crippen molar-refractivity contribution in [3.8, 4) is 11.4 Å². The van der Waals surface area contributed by atoms with Crippen LogP contribution in [-0.2, 0) is 0 Å². The number of rotatable bonds is 2. The van der Waals surface area contributed by atoms with Crippen molar-refractivity contribution in [2.45, 2.75) is 5.16 Å². The molecule has 0 bridgehead atoms. The molecule has 0 aliphatic carbocycles. The van der Waals surface area contributed by atoms with E-state index in [0.717, 1.165) is 5.56 Å². The zero-order chi connectivity index (χ0) is 11.5. The maximum atomic E-state index is 5.89. The number of hydrogen-bond acceptors (Lipinski definition) is 5. The lowest BCUT2D eigenvalue weighted by atomic mass is 10.2. The Morgan fingerprint density at radius 2 is 1.69 bits per heavy atom. The highest BCUT2D eigenvalue weighted by Crippen LogP contribution is 2.26. The van der Waals surface area contributed by atoms with E-state index in [0.29, 0.717) is 21.0 Å². The Kier molecular flexibility index (Phi) is 3.58. The molecule has 0 aliphatic rings. The summed E-state index contributed by atoms with van der Waals surface area (Å²) in [4.78, 5) is 0. The Bertz CT molecular complexity index is 503. The molecule has 1 heterocycles. The van der Waals surface area contributed by atoms with Crippen molar-refractivity contribution in [3.63, 3.8) is 0 Å². The van der Waals surface area contributed by atoms with E-state index < -0.39 is 0 Å². The number of halogens is 2. The monoisotopic (exact) mass is 272 g/mol. The van der Waals surface area contributed by atoms with E-state index in [1.165, 1.54) is 11.8 Å². The molecule has 82 valence electrons. The van der Waals surface area contributed by atoms with Crippen LogP contribution >= 0.6 is 35.0 Å². The van der Waals surface area contributed by atoms with Gasteiger partial charge in [0.15, 0.2) is 0 Å². The first-order valence-electron chi connectivity index (χ1n) is 4.27. The predicted molar refractivity (Wildman–Crippen MR) is 64.9 cm³/mol. The molecule has 0 unspecified atom stereocenters. The van der Waals surface area contributed by atoms with Crippen molar-refractivity contribution in [3.05, 3.63) is 28.2 Å². The minimum Gasteiger partial charge on any atom is -0.125 e. The summed E-state index contributed by atoms with van der Waals surface area (Å²) in [7, 11) is 0.